The molecule has 8 heteroatoms. The van der Waals surface area contributed by atoms with E-state index in [0.29, 0.717) is 39.5 Å². The van der Waals surface area contributed by atoms with Crippen LogP contribution >= 0.6 is 15.9 Å². The quantitative estimate of drug-likeness (QED) is 0.388. The number of halogens is 1. The Kier molecular flexibility index (Phi) is 7.56. The highest BCUT2D eigenvalue weighted by molar-refractivity contribution is 9.10. The summed E-state index contributed by atoms with van der Waals surface area (Å²) in [6, 6.07) is 9.05. The summed E-state index contributed by atoms with van der Waals surface area (Å²) in [5.41, 5.74) is 1.11. The van der Waals surface area contributed by atoms with Crippen LogP contribution in [0.3, 0.4) is 0 Å². The third-order valence-electron chi connectivity index (χ3n) is 5.05. The minimum Gasteiger partial charge on any atom is -0.493 e. The molecule has 0 unspecified atom stereocenters. The third kappa shape index (κ3) is 4.96. The van der Waals surface area contributed by atoms with Crippen LogP contribution < -0.4 is 19.8 Å². The smallest absolute Gasteiger partial charge is 0.282 e. The molecular weight excluding hydrogens is 474 g/mol. The molecule has 3 rings (SSSR count). The van der Waals surface area contributed by atoms with Gasteiger partial charge in [0, 0.05) is 16.0 Å². The Bertz CT molecular complexity index is 1180. The van der Waals surface area contributed by atoms with Gasteiger partial charge in [0.25, 0.3) is 5.56 Å². The van der Waals surface area contributed by atoms with E-state index in [0.717, 1.165) is 10.9 Å². The molecule has 0 N–H and O–H groups in total. The van der Waals surface area contributed by atoms with Gasteiger partial charge in [-0.1, -0.05) is 36.7 Å². The van der Waals surface area contributed by atoms with Crippen molar-refractivity contribution < 1.29 is 14.2 Å². The Morgan fingerprint density at radius 2 is 1.78 bits per heavy atom. The molecule has 0 bridgehead atoms. The lowest BCUT2D eigenvalue weighted by Crippen LogP contribution is -2.23. The number of methoxy groups -OCH3 is 2. The summed E-state index contributed by atoms with van der Waals surface area (Å²) in [7, 11) is 3.15. The van der Waals surface area contributed by atoms with Crippen molar-refractivity contribution in [3.8, 4) is 17.2 Å². The van der Waals surface area contributed by atoms with Crippen LogP contribution in [-0.2, 0) is 0 Å². The summed E-state index contributed by atoms with van der Waals surface area (Å²) < 4.78 is 19.2. The number of rotatable bonds is 8. The highest BCUT2D eigenvalue weighted by Crippen LogP contribution is 2.39. The van der Waals surface area contributed by atoms with E-state index in [-0.39, 0.29) is 17.6 Å². The zero-order valence-corrected chi connectivity index (χ0v) is 20.8. The van der Waals surface area contributed by atoms with Gasteiger partial charge < -0.3 is 14.2 Å². The van der Waals surface area contributed by atoms with Crippen molar-refractivity contribution in [2.75, 3.05) is 14.2 Å². The largest absolute Gasteiger partial charge is 0.493 e. The lowest BCUT2D eigenvalue weighted by atomic mass is 10.2. The predicted molar refractivity (Wildman–Crippen MR) is 131 cm³/mol. The van der Waals surface area contributed by atoms with Crippen LogP contribution in [0.1, 0.15) is 51.4 Å². The first-order chi connectivity index (χ1) is 15.3. The molecule has 0 saturated carbocycles. The zero-order valence-electron chi connectivity index (χ0n) is 19.2. The normalized spacial score (nSPS) is 12.5. The number of nitrogens with zero attached hydrogens (tertiary/aromatic N) is 3. The molecule has 0 aliphatic carbocycles. The summed E-state index contributed by atoms with van der Waals surface area (Å²) in [5.74, 6) is 2.19. The highest BCUT2D eigenvalue weighted by atomic mass is 79.9. The minimum absolute atomic E-state index is 0.00303. The highest BCUT2D eigenvalue weighted by Gasteiger charge is 2.17. The van der Waals surface area contributed by atoms with Crippen LogP contribution in [0.2, 0.25) is 0 Å². The van der Waals surface area contributed by atoms with Gasteiger partial charge in [-0.2, -0.15) is 9.78 Å². The molecule has 3 aromatic rings. The van der Waals surface area contributed by atoms with Gasteiger partial charge in [0.1, 0.15) is 5.82 Å². The van der Waals surface area contributed by atoms with Gasteiger partial charge in [-0.05, 0) is 43.7 Å². The Morgan fingerprint density at radius 3 is 2.34 bits per heavy atom. The summed E-state index contributed by atoms with van der Waals surface area (Å²) in [6.45, 7) is 7.99. The Hall–Kier alpha value is -2.87. The number of fused-ring (bicyclic) bond motifs is 1. The summed E-state index contributed by atoms with van der Waals surface area (Å²) in [6.07, 6.45) is 2.45. The van der Waals surface area contributed by atoms with Crippen LogP contribution in [0.4, 0.5) is 0 Å². The predicted octanol–water partition coefficient (Wildman–Crippen LogP) is 5.36. The summed E-state index contributed by atoms with van der Waals surface area (Å²) in [5, 5.41) is 4.98. The molecule has 0 aliphatic rings. The van der Waals surface area contributed by atoms with Gasteiger partial charge in [0.05, 0.1) is 37.4 Å². The number of ether oxygens (including phenoxy) is 3. The lowest BCUT2D eigenvalue weighted by Gasteiger charge is -2.18. The fraction of sp³-hybridized carbons (Fsp3) is 0.375. The van der Waals surface area contributed by atoms with E-state index in [4.69, 9.17) is 14.2 Å². The van der Waals surface area contributed by atoms with Gasteiger partial charge in [-0.15, -0.1) is 0 Å². The van der Waals surface area contributed by atoms with E-state index in [2.05, 4.69) is 26.0 Å². The van der Waals surface area contributed by atoms with E-state index in [1.54, 1.807) is 38.6 Å². The monoisotopic (exact) mass is 501 g/mol. The number of hydrogen-bond acceptors (Lipinski definition) is 6. The first-order valence-corrected chi connectivity index (χ1v) is 11.3. The molecular formula is C24H28BrN3O4. The van der Waals surface area contributed by atoms with Crippen molar-refractivity contribution in [2.45, 2.75) is 46.1 Å². The number of benzene rings is 2. The first-order valence-electron chi connectivity index (χ1n) is 10.5. The maximum Gasteiger partial charge on any atom is 0.282 e. The van der Waals surface area contributed by atoms with Crippen LogP contribution in [0.15, 0.2) is 44.7 Å². The van der Waals surface area contributed by atoms with Gasteiger partial charge in [0.2, 0.25) is 5.75 Å². The van der Waals surface area contributed by atoms with Crippen molar-refractivity contribution >= 4 is 33.0 Å². The lowest BCUT2D eigenvalue weighted by molar-refractivity contribution is 0.198. The second-order valence-corrected chi connectivity index (χ2v) is 8.65. The molecule has 0 fully saturated rings. The fourth-order valence-corrected chi connectivity index (χ4v) is 3.51. The second kappa shape index (κ2) is 10.2. The first kappa shape index (κ1) is 23.8. The van der Waals surface area contributed by atoms with E-state index < -0.39 is 0 Å². The van der Waals surface area contributed by atoms with E-state index in [9.17, 15) is 4.79 Å². The molecule has 1 aromatic heterocycles. The van der Waals surface area contributed by atoms with Crippen molar-refractivity contribution in [2.24, 2.45) is 5.10 Å². The zero-order chi connectivity index (χ0) is 23.4. The van der Waals surface area contributed by atoms with E-state index >= 15 is 0 Å². The van der Waals surface area contributed by atoms with Gasteiger partial charge >= 0.3 is 0 Å². The molecule has 0 aliphatic heterocycles. The van der Waals surface area contributed by atoms with Crippen molar-refractivity contribution in [3.63, 3.8) is 0 Å². The van der Waals surface area contributed by atoms with Crippen molar-refractivity contribution in [3.05, 3.63) is 56.5 Å². The average molecular weight is 502 g/mol. The molecule has 7 nitrogen and oxygen atoms in total. The third-order valence-corrected chi connectivity index (χ3v) is 5.54. The molecule has 2 aromatic carbocycles. The van der Waals surface area contributed by atoms with Gasteiger partial charge in [0.15, 0.2) is 11.5 Å². The van der Waals surface area contributed by atoms with Crippen LogP contribution in [0.25, 0.3) is 10.9 Å². The molecule has 170 valence electrons. The standard InChI is InChI=1S/C24H28BrN3O4/c1-7-15(4)32-22-20(30-5)10-16(11-21(22)31-6)13-26-28-23(14(2)3)27-19-9-8-17(25)12-18(19)24(28)29/h8-15H,7H2,1-6H3/t15-/m0/s1. The van der Waals surface area contributed by atoms with Crippen LogP contribution in [0, 0.1) is 0 Å². The van der Waals surface area contributed by atoms with E-state index in [1.807, 2.05) is 39.8 Å². The molecule has 1 heterocycles. The second-order valence-electron chi connectivity index (χ2n) is 7.74. The SMILES string of the molecule is CC[C@H](C)Oc1c(OC)cc(C=Nn2c(C(C)C)nc3ccc(Br)cc3c2=O)cc1OC. The topological polar surface area (TPSA) is 74.9 Å². The average Bonchev–Trinajstić information content (AvgIpc) is 2.78. The Labute approximate surface area is 196 Å². The molecule has 0 spiro atoms. The molecule has 0 radical (unpaired) electrons. The number of hydrogen-bond donors (Lipinski definition) is 0. The van der Waals surface area contributed by atoms with Crippen LogP contribution in [-0.4, -0.2) is 36.2 Å². The van der Waals surface area contributed by atoms with E-state index in [1.165, 1.54) is 4.68 Å². The molecule has 0 saturated heterocycles. The maximum absolute atomic E-state index is 13.2. The molecule has 1 atom stereocenters. The van der Waals surface area contributed by atoms with Gasteiger partial charge in [-0.25, -0.2) is 4.98 Å². The minimum atomic E-state index is -0.230. The number of aromatic nitrogens is 2. The molecule has 0 amide bonds. The fourth-order valence-electron chi connectivity index (χ4n) is 3.15. The van der Waals surface area contributed by atoms with Crippen molar-refractivity contribution in [1.29, 1.82) is 0 Å². The Balaban J connectivity index is 2.11. The molecule has 32 heavy (non-hydrogen) atoms. The Morgan fingerprint density at radius 1 is 1.12 bits per heavy atom. The van der Waals surface area contributed by atoms with Crippen LogP contribution in [0.5, 0.6) is 17.2 Å². The summed E-state index contributed by atoms with van der Waals surface area (Å²) >= 11 is 3.42. The van der Waals surface area contributed by atoms with Crippen molar-refractivity contribution in [1.82, 2.24) is 9.66 Å². The van der Waals surface area contributed by atoms with Gasteiger partial charge in [-0.3, -0.25) is 4.79 Å². The maximum atomic E-state index is 13.2. The summed E-state index contributed by atoms with van der Waals surface area (Å²) in [4.78, 5) is 17.9.